The molecule has 2 N–H and O–H groups in total. The third kappa shape index (κ3) is 5.06. The van der Waals surface area contributed by atoms with E-state index >= 15 is 0 Å². The molecule has 0 heterocycles. The molecule has 126 valence electrons. The predicted molar refractivity (Wildman–Crippen MR) is 93.2 cm³/mol. The van der Waals surface area contributed by atoms with Crippen LogP contribution in [0.3, 0.4) is 0 Å². The molecule has 2 aromatic rings. The Bertz CT molecular complexity index is 793. The van der Waals surface area contributed by atoms with Gasteiger partial charge >= 0.3 is 7.82 Å². The molecular formula is C17H18NO5P. The van der Waals surface area contributed by atoms with E-state index in [0.29, 0.717) is 0 Å². The van der Waals surface area contributed by atoms with Crippen molar-refractivity contribution in [2.75, 3.05) is 19.0 Å². The van der Waals surface area contributed by atoms with Gasteiger partial charge in [-0.2, -0.15) is 0 Å². The molecule has 0 amide bonds. The number of allylic oxidation sites excluding steroid dienone is 1. The second kappa shape index (κ2) is 7.45. The summed E-state index contributed by atoms with van der Waals surface area (Å²) in [4.78, 5) is 32.1. The van der Waals surface area contributed by atoms with E-state index < -0.39 is 13.6 Å². The number of ketones is 1. The first-order chi connectivity index (χ1) is 11.3. The molecule has 0 atom stereocenters. The highest BCUT2D eigenvalue weighted by molar-refractivity contribution is 7.46. The van der Waals surface area contributed by atoms with Crippen LogP contribution in [-0.2, 0) is 4.57 Å². The van der Waals surface area contributed by atoms with Crippen LogP contribution in [0.4, 0.5) is 5.69 Å². The fourth-order valence-electron chi connectivity index (χ4n) is 2.02. The Morgan fingerprint density at radius 2 is 1.71 bits per heavy atom. The summed E-state index contributed by atoms with van der Waals surface area (Å²) in [5.74, 6) is -0.556. The van der Waals surface area contributed by atoms with Crippen molar-refractivity contribution in [3.05, 3.63) is 65.7 Å². The monoisotopic (exact) mass is 347 g/mol. The summed E-state index contributed by atoms with van der Waals surface area (Å²) in [5.41, 5.74) is 1.96. The summed E-state index contributed by atoms with van der Waals surface area (Å²) in [6.45, 7) is 0. The molecule has 7 heteroatoms. The van der Waals surface area contributed by atoms with Gasteiger partial charge in [0.15, 0.2) is 5.78 Å². The van der Waals surface area contributed by atoms with Crippen molar-refractivity contribution >= 4 is 25.4 Å². The van der Waals surface area contributed by atoms with Crippen LogP contribution >= 0.6 is 7.82 Å². The number of carbonyl (C=O) groups is 1. The van der Waals surface area contributed by atoms with Crippen LogP contribution in [0, 0.1) is 0 Å². The minimum atomic E-state index is -4.73. The van der Waals surface area contributed by atoms with Crippen LogP contribution in [0.5, 0.6) is 5.75 Å². The topological polar surface area (TPSA) is 87.1 Å². The van der Waals surface area contributed by atoms with Crippen molar-refractivity contribution < 1.29 is 23.7 Å². The zero-order valence-electron chi connectivity index (χ0n) is 13.3. The summed E-state index contributed by atoms with van der Waals surface area (Å²) in [7, 11) is -0.854. The van der Waals surface area contributed by atoms with Crippen molar-refractivity contribution in [2.45, 2.75) is 0 Å². The van der Waals surface area contributed by atoms with Gasteiger partial charge in [0.25, 0.3) is 0 Å². The first kappa shape index (κ1) is 17.9. The van der Waals surface area contributed by atoms with Crippen LogP contribution < -0.4 is 9.42 Å². The van der Waals surface area contributed by atoms with E-state index in [2.05, 4.69) is 4.52 Å². The van der Waals surface area contributed by atoms with Crippen LogP contribution in [-0.4, -0.2) is 29.7 Å². The Hall–Kier alpha value is -2.40. The van der Waals surface area contributed by atoms with Crippen molar-refractivity contribution in [3.8, 4) is 5.75 Å². The largest absolute Gasteiger partial charge is 0.524 e. The van der Waals surface area contributed by atoms with Gasteiger partial charge in [-0.05, 0) is 35.9 Å². The standard InChI is InChI=1S/C17H18NO5P/c1-18(2)14-10-7-13(8-11-14)9-12-16(19)15-5-3-4-6-17(15)23-24(20,21)22/h3-12H,1-2H3,(H2,20,21,22). The zero-order valence-corrected chi connectivity index (χ0v) is 14.2. The number of nitrogens with zero attached hydrogens (tertiary/aromatic N) is 1. The Kier molecular flexibility index (Phi) is 5.57. The number of rotatable bonds is 6. The molecule has 2 rings (SSSR count). The second-order valence-corrected chi connectivity index (χ2v) is 6.43. The molecule has 6 nitrogen and oxygen atoms in total. The molecule has 0 saturated heterocycles. The number of hydrogen-bond donors (Lipinski definition) is 2. The fourth-order valence-corrected chi connectivity index (χ4v) is 2.44. The van der Waals surface area contributed by atoms with E-state index in [1.165, 1.54) is 24.3 Å². The van der Waals surface area contributed by atoms with E-state index in [-0.39, 0.29) is 11.3 Å². The van der Waals surface area contributed by atoms with Crippen molar-refractivity contribution in [1.29, 1.82) is 0 Å². The van der Waals surface area contributed by atoms with Gasteiger partial charge in [-0.25, -0.2) is 4.57 Å². The smallest absolute Gasteiger partial charge is 0.403 e. The number of phosphoric acid groups is 1. The molecule has 0 aliphatic rings. The van der Waals surface area contributed by atoms with E-state index in [1.54, 1.807) is 12.1 Å². The Morgan fingerprint density at radius 3 is 2.29 bits per heavy atom. The summed E-state index contributed by atoms with van der Waals surface area (Å²) >= 11 is 0. The zero-order chi connectivity index (χ0) is 17.7. The molecular weight excluding hydrogens is 329 g/mol. The lowest BCUT2D eigenvalue weighted by molar-refractivity contribution is 0.104. The quantitative estimate of drug-likeness (QED) is 0.474. The molecule has 0 spiro atoms. The molecule has 2 aromatic carbocycles. The predicted octanol–water partition coefficient (Wildman–Crippen LogP) is 3.12. The van der Waals surface area contributed by atoms with Gasteiger partial charge < -0.3 is 9.42 Å². The summed E-state index contributed by atoms with van der Waals surface area (Å²) < 4.78 is 15.5. The average molecular weight is 347 g/mol. The number of benzene rings is 2. The fraction of sp³-hybridized carbons (Fsp3) is 0.118. The van der Waals surface area contributed by atoms with Crippen molar-refractivity contribution in [3.63, 3.8) is 0 Å². The molecule has 0 aliphatic heterocycles. The maximum atomic E-state index is 12.3. The van der Waals surface area contributed by atoms with Crippen molar-refractivity contribution in [2.24, 2.45) is 0 Å². The Morgan fingerprint density at radius 1 is 1.08 bits per heavy atom. The third-order valence-corrected chi connectivity index (χ3v) is 3.64. The van der Waals surface area contributed by atoms with Gasteiger partial charge in [0, 0.05) is 19.8 Å². The molecule has 0 fully saturated rings. The van der Waals surface area contributed by atoms with Crippen LogP contribution in [0.1, 0.15) is 15.9 Å². The van der Waals surface area contributed by atoms with Gasteiger partial charge in [-0.3, -0.25) is 14.6 Å². The molecule has 0 aromatic heterocycles. The Labute approximate surface area is 140 Å². The lowest BCUT2D eigenvalue weighted by Crippen LogP contribution is -2.07. The maximum absolute atomic E-state index is 12.3. The average Bonchev–Trinajstić information content (AvgIpc) is 2.52. The second-order valence-electron chi connectivity index (χ2n) is 5.26. The summed E-state index contributed by atoms with van der Waals surface area (Å²) in [6.07, 6.45) is 2.97. The lowest BCUT2D eigenvalue weighted by Gasteiger charge is -2.11. The molecule has 24 heavy (non-hydrogen) atoms. The molecule has 0 saturated carbocycles. The maximum Gasteiger partial charge on any atom is 0.524 e. The third-order valence-electron chi connectivity index (χ3n) is 3.21. The number of anilines is 1. The van der Waals surface area contributed by atoms with Gasteiger partial charge in [0.05, 0.1) is 5.56 Å². The minimum Gasteiger partial charge on any atom is -0.403 e. The minimum absolute atomic E-state index is 0.0852. The van der Waals surface area contributed by atoms with Gasteiger partial charge in [0.2, 0.25) is 0 Å². The van der Waals surface area contributed by atoms with Crippen LogP contribution in [0.25, 0.3) is 6.08 Å². The van der Waals surface area contributed by atoms with E-state index in [1.807, 2.05) is 43.3 Å². The van der Waals surface area contributed by atoms with E-state index in [4.69, 9.17) is 9.79 Å². The number of hydrogen-bond acceptors (Lipinski definition) is 4. The summed E-state index contributed by atoms with van der Waals surface area (Å²) in [5, 5.41) is 0. The Balaban J connectivity index is 2.19. The first-order valence-electron chi connectivity index (χ1n) is 7.10. The van der Waals surface area contributed by atoms with Crippen LogP contribution in [0.15, 0.2) is 54.6 Å². The molecule has 0 aliphatic carbocycles. The highest BCUT2D eigenvalue weighted by atomic mass is 31.2. The van der Waals surface area contributed by atoms with Crippen LogP contribution in [0.2, 0.25) is 0 Å². The first-order valence-corrected chi connectivity index (χ1v) is 8.63. The van der Waals surface area contributed by atoms with Crippen molar-refractivity contribution in [1.82, 2.24) is 0 Å². The molecule has 0 radical (unpaired) electrons. The van der Waals surface area contributed by atoms with Gasteiger partial charge in [-0.1, -0.05) is 30.3 Å². The number of para-hydroxylation sites is 1. The van der Waals surface area contributed by atoms with E-state index in [0.717, 1.165) is 11.3 Å². The number of carbonyl (C=O) groups excluding carboxylic acids is 1. The lowest BCUT2D eigenvalue weighted by atomic mass is 10.1. The molecule has 0 unspecified atom stereocenters. The normalized spacial score (nSPS) is 11.5. The van der Waals surface area contributed by atoms with Gasteiger partial charge in [-0.15, -0.1) is 0 Å². The SMILES string of the molecule is CN(C)c1ccc(C=CC(=O)c2ccccc2OP(=O)(O)O)cc1. The highest BCUT2D eigenvalue weighted by Crippen LogP contribution is 2.39. The van der Waals surface area contributed by atoms with E-state index in [9.17, 15) is 9.36 Å². The summed E-state index contributed by atoms with van der Waals surface area (Å²) in [6, 6.07) is 13.5. The number of phosphoric ester groups is 1. The van der Waals surface area contributed by atoms with Gasteiger partial charge in [0.1, 0.15) is 5.75 Å². The highest BCUT2D eigenvalue weighted by Gasteiger charge is 2.19. The molecule has 0 bridgehead atoms.